The van der Waals surface area contributed by atoms with Crippen molar-refractivity contribution < 1.29 is 0 Å². The molecule has 0 saturated heterocycles. The molecule has 0 saturated carbocycles. The van der Waals surface area contributed by atoms with Gasteiger partial charge in [-0.25, -0.2) is 9.97 Å². The molecule has 0 aliphatic rings. The lowest BCUT2D eigenvalue weighted by Gasteiger charge is -2.02. The highest BCUT2D eigenvalue weighted by molar-refractivity contribution is 6.30. The number of hydrogen-bond acceptors (Lipinski definition) is 4. The molecule has 1 aromatic heterocycles. The van der Waals surface area contributed by atoms with Gasteiger partial charge in [-0.3, -0.25) is 0 Å². The Morgan fingerprint density at radius 1 is 1.33 bits per heavy atom. The molecular formula is C7H11ClN4. The zero-order valence-electron chi connectivity index (χ0n) is 6.84. The molecule has 0 fully saturated rings. The second kappa shape index (κ2) is 4.90. The molecule has 1 aromatic rings. The third-order valence-corrected chi connectivity index (χ3v) is 1.47. The summed E-state index contributed by atoms with van der Waals surface area (Å²) in [7, 11) is 1.89. The Kier molecular flexibility index (Phi) is 3.76. The van der Waals surface area contributed by atoms with Gasteiger partial charge >= 0.3 is 0 Å². The van der Waals surface area contributed by atoms with E-state index in [0.29, 0.717) is 11.0 Å². The summed E-state index contributed by atoms with van der Waals surface area (Å²) in [6.07, 6.45) is 3.13. The van der Waals surface area contributed by atoms with Gasteiger partial charge in [-0.1, -0.05) is 11.6 Å². The summed E-state index contributed by atoms with van der Waals surface area (Å²) in [6.45, 7) is 1.68. The zero-order valence-corrected chi connectivity index (χ0v) is 7.60. The van der Waals surface area contributed by atoms with Gasteiger partial charge in [-0.15, -0.1) is 0 Å². The third kappa shape index (κ3) is 3.02. The first-order valence-corrected chi connectivity index (χ1v) is 4.07. The van der Waals surface area contributed by atoms with Crippen molar-refractivity contribution in [1.82, 2.24) is 15.3 Å². The summed E-state index contributed by atoms with van der Waals surface area (Å²) >= 11 is 5.61. The number of aromatic nitrogens is 2. The molecule has 0 radical (unpaired) electrons. The molecule has 5 heteroatoms. The van der Waals surface area contributed by atoms with Crippen LogP contribution in [0.15, 0.2) is 12.4 Å². The van der Waals surface area contributed by atoms with Gasteiger partial charge in [0.1, 0.15) is 0 Å². The average Bonchev–Trinajstić information content (AvgIpc) is 2.09. The highest BCUT2D eigenvalue weighted by atomic mass is 35.5. The fourth-order valence-electron chi connectivity index (χ4n) is 0.703. The first-order chi connectivity index (χ1) is 5.83. The van der Waals surface area contributed by atoms with E-state index in [-0.39, 0.29) is 0 Å². The number of nitrogens with one attached hydrogen (secondary N) is 2. The number of nitrogens with zero attached hydrogens (tertiary/aromatic N) is 2. The number of likely N-dealkylation sites (N-methyl/N-ethyl adjacent to an activating group) is 1. The summed E-state index contributed by atoms with van der Waals surface area (Å²) in [6, 6.07) is 0. The summed E-state index contributed by atoms with van der Waals surface area (Å²) < 4.78 is 0. The van der Waals surface area contributed by atoms with Crippen LogP contribution >= 0.6 is 11.6 Å². The molecule has 1 rings (SSSR count). The quantitative estimate of drug-likeness (QED) is 0.682. The maximum Gasteiger partial charge on any atom is 0.222 e. The SMILES string of the molecule is CNCCNc1ncc(Cl)cn1. The molecular weight excluding hydrogens is 176 g/mol. The van der Waals surface area contributed by atoms with Crippen molar-refractivity contribution in [3.8, 4) is 0 Å². The monoisotopic (exact) mass is 186 g/mol. The van der Waals surface area contributed by atoms with Crippen LogP contribution in [0.3, 0.4) is 0 Å². The van der Waals surface area contributed by atoms with E-state index in [9.17, 15) is 0 Å². The second-order valence-electron chi connectivity index (χ2n) is 2.26. The van der Waals surface area contributed by atoms with E-state index in [4.69, 9.17) is 11.6 Å². The lowest BCUT2D eigenvalue weighted by atomic mass is 10.6. The van der Waals surface area contributed by atoms with Crippen molar-refractivity contribution in [3.63, 3.8) is 0 Å². The lowest BCUT2D eigenvalue weighted by molar-refractivity contribution is 0.817. The second-order valence-corrected chi connectivity index (χ2v) is 2.69. The first kappa shape index (κ1) is 9.22. The molecule has 0 unspecified atom stereocenters. The van der Waals surface area contributed by atoms with Gasteiger partial charge < -0.3 is 10.6 Å². The van der Waals surface area contributed by atoms with Gasteiger partial charge in [0, 0.05) is 13.1 Å². The van der Waals surface area contributed by atoms with Gasteiger partial charge in [0.05, 0.1) is 17.4 Å². The molecule has 0 aliphatic heterocycles. The zero-order chi connectivity index (χ0) is 8.81. The number of anilines is 1. The Bertz CT molecular complexity index is 223. The van der Waals surface area contributed by atoms with Crippen molar-refractivity contribution in [1.29, 1.82) is 0 Å². The number of rotatable bonds is 4. The van der Waals surface area contributed by atoms with Crippen LogP contribution in [0.25, 0.3) is 0 Å². The highest BCUT2D eigenvalue weighted by Crippen LogP contribution is 2.04. The first-order valence-electron chi connectivity index (χ1n) is 3.69. The Hall–Kier alpha value is -0.870. The molecule has 2 N–H and O–H groups in total. The number of halogens is 1. The molecule has 4 nitrogen and oxygen atoms in total. The van der Waals surface area contributed by atoms with Crippen LogP contribution in [0.5, 0.6) is 0 Å². The van der Waals surface area contributed by atoms with Crippen LogP contribution in [0.4, 0.5) is 5.95 Å². The summed E-state index contributed by atoms with van der Waals surface area (Å²) in [5.41, 5.74) is 0. The van der Waals surface area contributed by atoms with Gasteiger partial charge in [-0.05, 0) is 7.05 Å². The van der Waals surface area contributed by atoms with E-state index in [1.54, 1.807) is 12.4 Å². The topological polar surface area (TPSA) is 49.8 Å². The molecule has 1 heterocycles. The smallest absolute Gasteiger partial charge is 0.222 e. The van der Waals surface area contributed by atoms with Crippen molar-refractivity contribution in [2.45, 2.75) is 0 Å². The largest absolute Gasteiger partial charge is 0.353 e. The van der Waals surface area contributed by atoms with Crippen LogP contribution in [-0.2, 0) is 0 Å². The fourth-order valence-corrected chi connectivity index (χ4v) is 0.800. The Balaban J connectivity index is 2.37. The molecule has 0 amide bonds. The normalized spacial score (nSPS) is 9.83. The molecule has 0 spiro atoms. The van der Waals surface area contributed by atoms with Crippen molar-refractivity contribution in [2.24, 2.45) is 0 Å². The van der Waals surface area contributed by atoms with Crippen LogP contribution in [0.2, 0.25) is 5.02 Å². The lowest BCUT2D eigenvalue weighted by Crippen LogP contribution is -2.18. The summed E-state index contributed by atoms with van der Waals surface area (Å²) in [5.74, 6) is 0.606. The van der Waals surface area contributed by atoms with E-state index in [1.165, 1.54) is 0 Å². The Labute approximate surface area is 76.4 Å². The molecule has 66 valence electrons. The molecule has 0 bridgehead atoms. The van der Waals surface area contributed by atoms with E-state index in [2.05, 4.69) is 20.6 Å². The molecule has 0 atom stereocenters. The van der Waals surface area contributed by atoms with E-state index in [1.807, 2.05) is 7.05 Å². The minimum atomic E-state index is 0.550. The Morgan fingerprint density at radius 3 is 2.58 bits per heavy atom. The molecule has 0 aromatic carbocycles. The van der Waals surface area contributed by atoms with Crippen LogP contribution in [-0.4, -0.2) is 30.1 Å². The maximum atomic E-state index is 5.61. The van der Waals surface area contributed by atoms with E-state index in [0.717, 1.165) is 13.1 Å². The van der Waals surface area contributed by atoms with Crippen molar-refractivity contribution in [3.05, 3.63) is 17.4 Å². The predicted octanol–water partition coefficient (Wildman–Crippen LogP) is 0.761. The minimum Gasteiger partial charge on any atom is -0.353 e. The fraction of sp³-hybridized carbons (Fsp3) is 0.429. The van der Waals surface area contributed by atoms with Gasteiger partial charge in [0.25, 0.3) is 0 Å². The maximum absolute atomic E-state index is 5.61. The van der Waals surface area contributed by atoms with Crippen molar-refractivity contribution >= 4 is 17.5 Å². The Morgan fingerprint density at radius 2 is 2.00 bits per heavy atom. The number of hydrogen-bond donors (Lipinski definition) is 2. The van der Waals surface area contributed by atoms with E-state index >= 15 is 0 Å². The predicted molar refractivity (Wildman–Crippen MR) is 49.5 cm³/mol. The average molecular weight is 187 g/mol. The summed E-state index contributed by atoms with van der Waals surface area (Å²) in [4.78, 5) is 7.94. The molecule has 12 heavy (non-hydrogen) atoms. The van der Waals surface area contributed by atoms with Crippen LogP contribution in [0, 0.1) is 0 Å². The van der Waals surface area contributed by atoms with E-state index < -0.39 is 0 Å². The van der Waals surface area contributed by atoms with Gasteiger partial charge in [0.15, 0.2) is 0 Å². The third-order valence-electron chi connectivity index (χ3n) is 1.28. The molecule has 0 aliphatic carbocycles. The highest BCUT2D eigenvalue weighted by Gasteiger charge is 1.92. The van der Waals surface area contributed by atoms with Crippen LogP contribution < -0.4 is 10.6 Å². The summed E-state index contributed by atoms with van der Waals surface area (Å²) in [5, 5.41) is 6.58. The standard InChI is InChI=1S/C7H11ClN4/c1-9-2-3-10-7-11-4-6(8)5-12-7/h4-5,9H,2-3H2,1H3,(H,10,11,12). The van der Waals surface area contributed by atoms with Crippen LogP contribution in [0.1, 0.15) is 0 Å². The van der Waals surface area contributed by atoms with Gasteiger partial charge in [-0.2, -0.15) is 0 Å². The van der Waals surface area contributed by atoms with Gasteiger partial charge in [0.2, 0.25) is 5.95 Å². The van der Waals surface area contributed by atoms with Crippen molar-refractivity contribution in [2.75, 3.05) is 25.5 Å². The minimum absolute atomic E-state index is 0.550.